The summed E-state index contributed by atoms with van der Waals surface area (Å²) in [7, 11) is -7.07. The number of methoxy groups -OCH3 is 1. The lowest BCUT2D eigenvalue weighted by atomic mass is 10.4. The van der Waals surface area contributed by atoms with Gasteiger partial charge in [-0.15, -0.1) is 0 Å². The van der Waals surface area contributed by atoms with Gasteiger partial charge in [-0.1, -0.05) is 0 Å². The van der Waals surface area contributed by atoms with Gasteiger partial charge < -0.3 is 13.8 Å². The van der Waals surface area contributed by atoms with Crippen LogP contribution in [0.4, 0.5) is 0 Å². The van der Waals surface area contributed by atoms with Crippen LogP contribution in [-0.2, 0) is 37.4 Å². The van der Waals surface area contributed by atoms with Gasteiger partial charge in [0.25, 0.3) is 15.5 Å². The van der Waals surface area contributed by atoms with Gasteiger partial charge in [-0.3, -0.25) is 4.57 Å². The van der Waals surface area contributed by atoms with E-state index < -0.39 is 29.0 Å². The van der Waals surface area contributed by atoms with E-state index >= 15 is 0 Å². The Labute approximate surface area is 98.8 Å². The smallest absolute Gasteiger partial charge is 0.375 e. The minimum absolute atomic E-state index is 0.0169. The second kappa shape index (κ2) is 4.66. The molecule has 0 aromatic carbocycles. The topological polar surface area (TPSA) is 105 Å². The van der Waals surface area contributed by atoms with Crippen LogP contribution in [0, 0.1) is 0 Å². The summed E-state index contributed by atoms with van der Waals surface area (Å²) in [5.74, 6) is -1.15. The fourth-order valence-corrected chi connectivity index (χ4v) is 4.21. The largest absolute Gasteiger partial charge is 0.466 e. The van der Waals surface area contributed by atoms with Crippen LogP contribution >= 0.6 is 7.60 Å². The molecule has 0 spiro atoms. The van der Waals surface area contributed by atoms with Crippen molar-refractivity contribution in [2.24, 2.45) is 0 Å². The summed E-state index contributed by atoms with van der Waals surface area (Å²) in [6, 6.07) is 0. The van der Waals surface area contributed by atoms with Crippen LogP contribution in [0.25, 0.3) is 0 Å². The quantitative estimate of drug-likeness (QED) is 0.407. The molecule has 0 bridgehead atoms. The fourth-order valence-electron chi connectivity index (χ4n) is 1.27. The lowest BCUT2D eigenvalue weighted by Gasteiger charge is -2.28. The molecule has 1 atom stereocenters. The van der Waals surface area contributed by atoms with Crippen LogP contribution in [-0.4, -0.2) is 46.3 Å². The highest BCUT2D eigenvalue weighted by atomic mass is 32.2. The molecule has 1 heterocycles. The van der Waals surface area contributed by atoms with Crippen molar-refractivity contribution in [2.75, 3.05) is 26.6 Å². The number of hydrogen-bond acceptors (Lipinski definition) is 8. The molecule has 10 heteroatoms. The molecule has 0 aromatic heterocycles. The highest BCUT2D eigenvalue weighted by molar-refractivity contribution is 7.86. The Morgan fingerprint density at radius 1 is 1.35 bits per heavy atom. The average Bonchev–Trinajstić information content (AvgIpc) is 2.62. The number of carbonyl (C=O) groups excluding carboxylic acids is 1. The van der Waals surface area contributed by atoms with Gasteiger partial charge in [0.05, 0.1) is 26.6 Å². The highest BCUT2D eigenvalue weighted by Crippen LogP contribution is 2.63. The molecule has 8 nitrogen and oxygen atoms in total. The van der Waals surface area contributed by atoms with E-state index in [1.54, 1.807) is 0 Å². The lowest BCUT2D eigenvalue weighted by Crippen LogP contribution is -2.41. The molecule has 0 radical (unpaired) electrons. The number of esters is 1. The second-order valence-electron chi connectivity index (χ2n) is 3.43. The van der Waals surface area contributed by atoms with E-state index in [1.807, 2.05) is 0 Å². The normalized spacial score (nSPS) is 23.0. The Morgan fingerprint density at radius 2 is 1.82 bits per heavy atom. The Morgan fingerprint density at radius 3 is 2.18 bits per heavy atom. The standard InChI is InChI=1S/C7H13O8PS/c1-7(6(8)12-2,15-17(3,10)11)16(9)13-4-5-14-16/h4-5H2,1-3H3. The molecular formula is C7H13O8PS. The maximum atomic E-state index is 12.2. The molecule has 0 saturated carbocycles. The van der Waals surface area contributed by atoms with Crippen LogP contribution in [0.5, 0.6) is 0 Å². The molecule has 1 saturated heterocycles. The summed E-state index contributed by atoms with van der Waals surface area (Å²) in [6.45, 7) is 0.958. The first-order valence-electron chi connectivity index (χ1n) is 4.53. The molecule has 1 aliphatic heterocycles. The minimum Gasteiger partial charge on any atom is -0.466 e. The number of ether oxygens (including phenoxy) is 1. The number of hydrogen-bond donors (Lipinski definition) is 0. The molecule has 100 valence electrons. The Kier molecular flexibility index (Phi) is 4.00. The van der Waals surface area contributed by atoms with Gasteiger partial charge in [-0.25, -0.2) is 8.98 Å². The summed E-state index contributed by atoms with van der Waals surface area (Å²) in [5.41, 5.74) is 0. The van der Waals surface area contributed by atoms with Crippen molar-refractivity contribution in [3.63, 3.8) is 0 Å². The first kappa shape index (κ1) is 14.6. The Balaban J connectivity index is 3.19. The zero-order valence-electron chi connectivity index (χ0n) is 9.54. The molecule has 1 unspecified atom stereocenters. The summed E-state index contributed by atoms with van der Waals surface area (Å²) in [4.78, 5) is 11.6. The molecule has 1 rings (SSSR count). The average molecular weight is 288 g/mol. The van der Waals surface area contributed by atoms with Crippen LogP contribution in [0.3, 0.4) is 0 Å². The molecule has 1 aliphatic rings. The van der Waals surface area contributed by atoms with Gasteiger partial charge in [0, 0.05) is 0 Å². The maximum absolute atomic E-state index is 12.2. The predicted molar refractivity (Wildman–Crippen MR) is 55.9 cm³/mol. The van der Waals surface area contributed by atoms with Crippen LogP contribution < -0.4 is 0 Å². The molecule has 0 amide bonds. The third-order valence-electron chi connectivity index (χ3n) is 2.01. The van der Waals surface area contributed by atoms with Gasteiger partial charge in [0.15, 0.2) is 0 Å². The van der Waals surface area contributed by atoms with Gasteiger partial charge in [0.2, 0.25) is 0 Å². The van der Waals surface area contributed by atoms with Gasteiger partial charge in [-0.2, -0.15) is 8.42 Å². The zero-order chi connectivity index (χ0) is 13.3. The summed E-state index contributed by atoms with van der Waals surface area (Å²) in [6.07, 6.45) is 0.719. The molecule has 0 aromatic rings. The van der Waals surface area contributed by atoms with Crippen molar-refractivity contribution in [3.8, 4) is 0 Å². The Hall–Kier alpha value is -0.470. The van der Waals surface area contributed by atoms with Crippen molar-refractivity contribution in [1.82, 2.24) is 0 Å². The van der Waals surface area contributed by atoms with Crippen molar-refractivity contribution in [2.45, 2.75) is 12.3 Å². The zero-order valence-corrected chi connectivity index (χ0v) is 11.2. The van der Waals surface area contributed by atoms with E-state index in [0.29, 0.717) is 0 Å². The molecule has 1 fully saturated rings. The molecule has 0 aliphatic carbocycles. The number of rotatable bonds is 4. The Bertz CT molecular complexity index is 446. The monoisotopic (exact) mass is 288 g/mol. The van der Waals surface area contributed by atoms with Gasteiger partial charge in [0.1, 0.15) is 0 Å². The van der Waals surface area contributed by atoms with Crippen molar-refractivity contribution in [1.29, 1.82) is 0 Å². The molecule has 0 N–H and O–H groups in total. The van der Waals surface area contributed by atoms with Crippen LogP contribution in [0.2, 0.25) is 0 Å². The van der Waals surface area contributed by atoms with E-state index in [4.69, 9.17) is 9.05 Å². The number of carbonyl (C=O) groups is 1. The van der Waals surface area contributed by atoms with Gasteiger partial charge in [-0.05, 0) is 6.92 Å². The minimum atomic E-state index is -4.05. The lowest BCUT2D eigenvalue weighted by molar-refractivity contribution is -0.151. The second-order valence-corrected chi connectivity index (χ2v) is 7.37. The predicted octanol–water partition coefficient (Wildman–Crippen LogP) is 0.0917. The van der Waals surface area contributed by atoms with Crippen LogP contribution in [0.15, 0.2) is 0 Å². The van der Waals surface area contributed by atoms with Crippen molar-refractivity contribution in [3.05, 3.63) is 0 Å². The molecular weight excluding hydrogens is 275 g/mol. The summed E-state index contributed by atoms with van der Waals surface area (Å²) in [5, 5.41) is -2.33. The summed E-state index contributed by atoms with van der Waals surface area (Å²) >= 11 is 0. The van der Waals surface area contributed by atoms with E-state index in [0.717, 1.165) is 20.3 Å². The first-order valence-corrected chi connectivity index (χ1v) is 7.89. The fraction of sp³-hybridized carbons (Fsp3) is 0.857. The van der Waals surface area contributed by atoms with E-state index in [2.05, 4.69) is 8.92 Å². The van der Waals surface area contributed by atoms with E-state index in [1.165, 1.54) is 0 Å². The van der Waals surface area contributed by atoms with Crippen molar-refractivity contribution >= 4 is 23.7 Å². The van der Waals surface area contributed by atoms with E-state index in [9.17, 15) is 17.8 Å². The van der Waals surface area contributed by atoms with E-state index in [-0.39, 0.29) is 13.2 Å². The third-order valence-corrected chi connectivity index (χ3v) is 5.13. The van der Waals surface area contributed by atoms with Crippen LogP contribution in [0.1, 0.15) is 6.92 Å². The molecule has 17 heavy (non-hydrogen) atoms. The maximum Gasteiger partial charge on any atom is 0.375 e. The SMILES string of the molecule is COC(=O)C(C)(OS(C)(=O)=O)P1(=O)OCCO1. The summed E-state index contributed by atoms with van der Waals surface area (Å²) < 4.78 is 52.9. The highest BCUT2D eigenvalue weighted by Gasteiger charge is 2.60. The van der Waals surface area contributed by atoms with Gasteiger partial charge >= 0.3 is 13.6 Å². The third kappa shape index (κ3) is 2.86. The first-order chi connectivity index (χ1) is 7.65. The van der Waals surface area contributed by atoms with Crippen molar-refractivity contribution < 1.29 is 35.7 Å².